The van der Waals surface area contributed by atoms with Gasteiger partial charge in [0.1, 0.15) is 0 Å². The van der Waals surface area contributed by atoms with Crippen molar-refractivity contribution in [2.24, 2.45) is 5.73 Å². The van der Waals surface area contributed by atoms with Crippen LogP contribution in [0.15, 0.2) is 18.5 Å². The van der Waals surface area contributed by atoms with Crippen LogP contribution in [0.3, 0.4) is 0 Å². The number of aromatic nitrogens is 2. The highest BCUT2D eigenvalue weighted by Gasteiger charge is 2.20. The molecule has 0 unspecified atom stereocenters. The number of hydrogen-bond donors (Lipinski definition) is 2. The number of aryl methyl sites for hydroxylation is 1. The van der Waals surface area contributed by atoms with E-state index >= 15 is 0 Å². The van der Waals surface area contributed by atoms with Gasteiger partial charge in [-0.25, -0.2) is 0 Å². The molecule has 0 fully saturated rings. The van der Waals surface area contributed by atoms with Crippen LogP contribution in [0.25, 0.3) is 0 Å². The Morgan fingerprint density at radius 3 is 2.87 bits per heavy atom. The monoisotopic (exact) mass is 210 g/mol. The molecule has 0 aliphatic rings. The maximum atomic E-state index is 11.4. The summed E-state index contributed by atoms with van der Waals surface area (Å²) >= 11 is 0. The molecule has 0 aliphatic heterocycles. The van der Waals surface area contributed by atoms with Gasteiger partial charge in [0.15, 0.2) is 0 Å². The summed E-state index contributed by atoms with van der Waals surface area (Å²) in [6.07, 6.45) is 4.49. The minimum atomic E-state index is -0.800. The van der Waals surface area contributed by atoms with Gasteiger partial charge >= 0.3 is 0 Å². The second kappa shape index (κ2) is 4.93. The molecule has 0 atom stereocenters. The van der Waals surface area contributed by atoms with Crippen molar-refractivity contribution >= 4 is 5.91 Å². The molecular weight excluding hydrogens is 192 g/mol. The fraction of sp³-hybridized carbons (Fsp3) is 0.600. The Morgan fingerprint density at radius 2 is 2.33 bits per heavy atom. The van der Waals surface area contributed by atoms with Crippen LogP contribution in [0.4, 0.5) is 0 Å². The molecule has 0 radical (unpaired) electrons. The zero-order valence-corrected chi connectivity index (χ0v) is 9.23. The van der Waals surface area contributed by atoms with Crippen molar-refractivity contribution in [3.8, 4) is 0 Å². The van der Waals surface area contributed by atoms with Crippen LogP contribution < -0.4 is 11.1 Å². The van der Waals surface area contributed by atoms with Crippen molar-refractivity contribution in [1.82, 2.24) is 15.1 Å². The predicted octanol–water partition coefficient (Wildman–Crippen LogP) is 0.127. The van der Waals surface area contributed by atoms with Gasteiger partial charge in [0, 0.05) is 25.5 Å². The molecule has 3 N–H and O–H groups in total. The minimum absolute atomic E-state index is 0.122. The zero-order chi connectivity index (χ0) is 11.3. The number of carbonyl (C=O) groups is 1. The molecule has 5 heteroatoms. The lowest BCUT2D eigenvalue weighted by Crippen LogP contribution is -2.49. The highest BCUT2D eigenvalue weighted by Crippen LogP contribution is 1.95. The van der Waals surface area contributed by atoms with Gasteiger partial charge in [-0.15, -0.1) is 0 Å². The van der Waals surface area contributed by atoms with Gasteiger partial charge < -0.3 is 11.1 Å². The first kappa shape index (κ1) is 11.7. The third-order valence-corrected chi connectivity index (χ3v) is 1.99. The Hall–Kier alpha value is -1.36. The van der Waals surface area contributed by atoms with E-state index in [9.17, 15) is 4.79 Å². The second-order valence-corrected chi connectivity index (χ2v) is 4.10. The molecule has 1 aromatic heterocycles. The van der Waals surface area contributed by atoms with Crippen molar-refractivity contribution in [3.05, 3.63) is 18.5 Å². The predicted molar refractivity (Wildman–Crippen MR) is 58.1 cm³/mol. The van der Waals surface area contributed by atoms with E-state index in [1.807, 2.05) is 16.9 Å². The van der Waals surface area contributed by atoms with E-state index < -0.39 is 5.54 Å². The normalized spacial score (nSPS) is 11.4. The lowest BCUT2D eigenvalue weighted by atomic mass is 10.1. The number of nitrogens with zero attached hydrogens (tertiary/aromatic N) is 2. The van der Waals surface area contributed by atoms with Crippen LogP contribution in [0.2, 0.25) is 0 Å². The van der Waals surface area contributed by atoms with Gasteiger partial charge in [-0.3, -0.25) is 9.48 Å². The summed E-state index contributed by atoms with van der Waals surface area (Å²) in [7, 11) is 0. The molecule has 1 aromatic rings. The quantitative estimate of drug-likeness (QED) is 0.678. The summed E-state index contributed by atoms with van der Waals surface area (Å²) in [6, 6.07) is 1.88. The van der Waals surface area contributed by atoms with Gasteiger partial charge in [0.2, 0.25) is 5.91 Å². The molecule has 84 valence electrons. The second-order valence-electron chi connectivity index (χ2n) is 4.10. The van der Waals surface area contributed by atoms with Crippen LogP contribution in [-0.4, -0.2) is 27.8 Å². The van der Waals surface area contributed by atoms with Crippen LogP contribution in [0, 0.1) is 0 Å². The fourth-order valence-electron chi connectivity index (χ4n) is 1.10. The smallest absolute Gasteiger partial charge is 0.239 e. The standard InChI is InChI=1S/C10H18N4O/c1-10(2,11)9(15)12-5-3-7-14-8-4-6-13-14/h4,6,8H,3,5,7,11H2,1-2H3,(H,12,15). The largest absolute Gasteiger partial charge is 0.354 e. The first-order valence-corrected chi connectivity index (χ1v) is 5.05. The molecular formula is C10H18N4O. The summed E-state index contributed by atoms with van der Waals surface area (Å²) in [5.41, 5.74) is 4.83. The van der Waals surface area contributed by atoms with Crippen molar-refractivity contribution in [1.29, 1.82) is 0 Å². The Labute approximate surface area is 89.6 Å². The molecule has 0 aliphatic carbocycles. The summed E-state index contributed by atoms with van der Waals surface area (Å²) in [4.78, 5) is 11.4. The minimum Gasteiger partial charge on any atom is -0.354 e. The molecule has 1 amide bonds. The number of rotatable bonds is 5. The summed E-state index contributed by atoms with van der Waals surface area (Å²) in [5, 5.41) is 6.84. The number of nitrogens with two attached hydrogens (primary N) is 1. The average molecular weight is 210 g/mol. The Morgan fingerprint density at radius 1 is 1.60 bits per heavy atom. The van der Waals surface area contributed by atoms with Crippen LogP contribution in [0.1, 0.15) is 20.3 Å². The van der Waals surface area contributed by atoms with Crippen LogP contribution in [-0.2, 0) is 11.3 Å². The summed E-state index contributed by atoms with van der Waals surface area (Å²) < 4.78 is 1.83. The van der Waals surface area contributed by atoms with E-state index in [4.69, 9.17) is 5.73 Å². The molecule has 0 aromatic carbocycles. The third-order valence-electron chi connectivity index (χ3n) is 1.99. The SMILES string of the molecule is CC(C)(N)C(=O)NCCCn1cccn1. The van der Waals surface area contributed by atoms with Gasteiger partial charge in [0.25, 0.3) is 0 Å². The van der Waals surface area contributed by atoms with Crippen molar-refractivity contribution < 1.29 is 4.79 Å². The zero-order valence-electron chi connectivity index (χ0n) is 9.23. The number of nitrogens with one attached hydrogen (secondary N) is 1. The van der Waals surface area contributed by atoms with E-state index in [-0.39, 0.29) is 5.91 Å². The average Bonchev–Trinajstić information content (AvgIpc) is 2.63. The van der Waals surface area contributed by atoms with Crippen LogP contribution in [0.5, 0.6) is 0 Å². The molecule has 1 heterocycles. The summed E-state index contributed by atoms with van der Waals surface area (Å²) in [5.74, 6) is -0.122. The maximum Gasteiger partial charge on any atom is 0.239 e. The van der Waals surface area contributed by atoms with Crippen molar-refractivity contribution in [2.75, 3.05) is 6.54 Å². The van der Waals surface area contributed by atoms with Gasteiger partial charge in [-0.05, 0) is 26.3 Å². The van der Waals surface area contributed by atoms with Crippen molar-refractivity contribution in [2.45, 2.75) is 32.4 Å². The lowest BCUT2D eigenvalue weighted by molar-refractivity contribution is -0.125. The molecule has 15 heavy (non-hydrogen) atoms. The van der Waals surface area contributed by atoms with Gasteiger partial charge in [0.05, 0.1) is 5.54 Å². The number of carbonyl (C=O) groups excluding carboxylic acids is 1. The first-order chi connectivity index (χ1) is 7.00. The molecule has 0 saturated carbocycles. The Balaban J connectivity index is 2.15. The fourth-order valence-corrected chi connectivity index (χ4v) is 1.10. The first-order valence-electron chi connectivity index (χ1n) is 5.05. The summed E-state index contributed by atoms with van der Waals surface area (Å²) in [6.45, 7) is 4.81. The van der Waals surface area contributed by atoms with Gasteiger partial charge in [-0.2, -0.15) is 5.10 Å². The maximum absolute atomic E-state index is 11.4. The van der Waals surface area contributed by atoms with E-state index in [0.717, 1.165) is 13.0 Å². The molecule has 0 bridgehead atoms. The van der Waals surface area contributed by atoms with E-state index in [1.54, 1.807) is 20.0 Å². The van der Waals surface area contributed by atoms with Gasteiger partial charge in [-0.1, -0.05) is 0 Å². The molecule has 5 nitrogen and oxygen atoms in total. The highest BCUT2D eigenvalue weighted by atomic mass is 16.2. The molecule has 0 saturated heterocycles. The highest BCUT2D eigenvalue weighted by molar-refractivity contribution is 5.84. The third kappa shape index (κ3) is 4.12. The lowest BCUT2D eigenvalue weighted by Gasteiger charge is -2.17. The number of hydrogen-bond acceptors (Lipinski definition) is 3. The van der Waals surface area contributed by atoms with E-state index in [1.165, 1.54) is 0 Å². The molecule has 1 rings (SSSR count). The van der Waals surface area contributed by atoms with E-state index in [2.05, 4.69) is 10.4 Å². The van der Waals surface area contributed by atoms with Crippen LogP contribution >= 0.6 is 0 Å². The Bertz CT molecular complexity index is 300. The van der Waals surface area contributed by atoms with E-state index in [0.29, 0.717) is 6.54 Å². The Kier molecular flexibility index (Phi) is 3.85. The van der Waals surface area contributed by atoms with Crippen molar-refractivity contribution in [3.63, 3.8) is 0 Å². The topological polar surface area (TPSA) is 72.9 Å². The molecule has 0 spiro atoms. The number of amides is 1.